The Bertz CT molecular complexity index is 622. The summed E-state index contributed by atoms with van der Waals surface area (Å²) in [6, 6.07) is 10.8. The molecule has 0 unspecified atom stereocenters. The highest BCUT2D eigenvalue weighted by Crippen LogP contribution is 2.28. The van der Waals surface area contributed by atoms with Gasteiger partial charge in [-0.2, -0.15) is 0 Å². The van der Waals surface area contributed by atoms with Crippen molar-refractivity contribution in [2.75, 3.05) is 6.54 Å². The lowest BCUT2D eigenvalue weighted by atomic mass is 10.0. The predicted octanol–water partition coefficient (Wildman–Crippen LogP) is 3.18. The quantitative estimate of drug-likeness (QED) is 0.915. The molecule has 0 aliphatic rings. The van der Waals surface area contributed by atoms with Crippen LogP contribution in [0.25, 0.3) is 10.8 Å². The van der Waals surface area contributed by atoms with E-state index >= 15 is 0 Å². The van der Waals surface area contributed by atoms with Crippen molar-refractivity contribution in [3.8, 4) is 5.75 Å². The predicted molar refractivity (Wildman–Crippen MR) is 76.0 cm³/mol. The van der Waals surface area contributed by atoms with E-state index in [0.717, 1.165) is 5.39 Å². The van der Waals surface area contributed by atoms with Crippen molar-refractivity contribution < 1.29 is 9.90 Å². The van der Waals surface area contributed by atoms with Gasteiger partial charge < -0.3 is 10.4 Å². The van der Waals surface area contributed by atoms with Crippen molar-refractivity contribution in [2.45, 2.75) is 0 Å². The van der Waals surface area contributed by atoms with Gasteiger partial charge in [-0.3, -0.25) is 4.79 Å². The minimum Gasteiger partial charge on any atom is -0.506 e. The summed E-state index contributed by atoms with van der Waals surface area (Å²) in [6.07, 6.45) is 0. The molecule has 0 bridgehead atoms. The molecule has 2 rings (SSSR count). The first-order valence-corrected chi connectivity index (χ1v) is 6.21. The molecule has 1 amide bonds. The van der Waals surface area contributed by atoms with Crippen LogP contribution in [-0.4, -0.2) is 17.6 Å². The average molecular weight is 306 g/mol. The van der Waals surface area contributed by atoms with E-state index in [1.807, 2.05) is 24.3 Å². The molecule has 3 nitrogen and oxygen atoms in total. The van der Waals surface area contributed by atoms with Crippen LogP contribution in [0.15, 0.2) is 47.5 Å². The van der Waals surface area contributed by atoms with E-state index in [4.69, 9.17) is 0 Å². The third-order valence-corrected chi connectivity index (χ3v) is 2.87. The largest absolute Gasteiger partial charge is 0.506 e. The van der Waals surface area contributed by atoms with Gasteiger partial charge in [-0.05, 0) is 11.5 Å². The number of phenolic OH excluding ortho intramolecular Hbond substituents is 1. The minimum absolute atomic E-state index is 0.00536. The number of benzene rings is 2. The highest BCUT2D eigenvalue weighted by molar-refractivity contribution is 9.11. The Morgan fingerprint density at radius 3 is 2.72 bits per heavy atom. The molecule has 0 heterocycles. The number of hydrogen-bond donors (Lipinski definition) is 2. The van der Waals surface area contributed by atoms with E-state index in [0.29, 0.717) is 16.4 Å². The maximum Gasteiger partial charge on any atom is 0.255 e. The van der Waals surface area contributed by atoms with E-state index in [1.54, 1.807) is 12.1 Å². The number of carbonyl (C=O) groups is 1. The van der Waals surface area contributed by atoms with Gasteiger partial charge in [0.2, 0.25) is 0 Å². The number of amides is 1. The maximum absolute atomic E-state index is 11.9. The topological polar surface area (TPSA) is 49.3 Å². The Labute approximate surface area is 113 Å². The van der Waals surface area contributed by atoms with Crippen LogP contribution < -0.4 is 5.32 Å². The molecule has 0 aliphatic carbocycles. The average Bonchev–Trinajstić information content (AvgIpc) is 2.37. The van der Waals surface area contributed by atoms with Gasteiger partial charge in [-0.15, -0.1) is 0 Å². The summed E-state index contributed by atoms with van der Waals surface area (Å²) in [5.41, 5.74) is 0.266. The molecule has 0 fully saturated rings. The van der Waals surface area contributed by atoms with Crippen LogP contribution in [0.4, 0.5) is 0 Å². The molecule has 0 spiro atoms. The first-order valence-electron chi connectivity index (χ1n) is 5.42. The monoisotopic (exact) mass is 305 g/mol. The summed E-state index contributed by atoms with van der Waals surface area (Å²) in [5.74, 6) is -0.315. The van der Waals surface area contributed by atoms with Crippen LogP contribution in [-0.2, 0) is 0 Å². The summed E-state index contributed by atoms with van der Waals surface area (Å²) < 4.78 is 0.677. The summed E-state index contributed by atoms with van der Waals surface area (Å²) in [4.78, 5) is 11.9. The molecule has 2 aromatic carbocycles. The van der Waals surface area contributed by atoms with E-state index in [-0.39, 0.29) is 17.2 Å². The Hall–Kier alpha value is -1.81. The second kappa shape index (κ2) is 5.23. The summed E-state index contributed by atoms with van der Waals surface area (Å²) in [5, 5.41) is 14.3. The lowest BCUT2D eigenvalue weighted by Gasteiger charge is -2.08. The maximum atomic E-state index is 11.9. The van der Waals surface area contributed by atoms with E-state index in [9.17, 15) is 9.90 Å². The van der Waals surface area contributed by atoms with Crippen molar-refractivity contribution in [3.05, 3.63) is 53.0 Å². The van der Waals surface area contributed by atoms with Gasteiger partial charge in [0.1, 0.15) is 5.75 Å². The lowest BCUT2D eigenvalue weighted by Crippen LogP contribution is -2.24. The van der Waals surface area contributed by atoms with Gasteiger partial charge in [0, 0.05) is 16.4 Å². The van der Waals surface area contributed by atoms with Crippen LogP contribution in [0.1, 0.15) is 10.4 Å². The first-order chi connectivity index (χ1) is 8.59. The zero-order valence-electron chi connectivity index (χ0n) is 9.61. The van der Waals surface area contributed by atoms with Gasteiger partial charge >= 0.3 is 0 Å². The summed E-state index contributed by atoms with van der Waals surface area (Å²) in [6.45, 7) is 3.96. The van der Waals surface area contributed by atoms with Crippen molar-refractivity contribution in [1.29, 1.82) is 0 Å². The Morgan fingerprint density at radius 1 is 1.28 bits per heavy atom. The minimum atomic E-state index is -0.321. The number of hydrogen-bond acceptors (Lipinski definition) is 2. The molecule has 0 radical (unpaired) electrons. The molecule has 0 saturated heterocycles. The smallest absolute Gasteiger partial charge is 0.255 e. The van der Waals surface area contributed by atoms with Crippen molar-refractivity contribution in [2.24, 2.45) is 0 Å². The fourth-order valence-electron chi connectivity index (χ4n) is 1.71. The van der Waals surface area contributed by atoms with Crippen LogP contribution in [0.2, 0.25) is 0 Å². The van der Waals surface area contributed by atoms with E-state index in [1.165, 1.54) is 0 Å². The van der Waals surface area contributed by atoms with Crippen molar-refractivity contribution in [1.82, 2.24) is 5.32 Å². The van der Waals surface area contributed by atoms with E-state index < -0.39 is 0 Å². The standard InChI is InChI=1S/C14H12BrNO2/c1-9(15)8-16-14(18)12-7-6-10-4-2-3-5-11(10)13(12)17/h2-7,17H,1,8H2,(H,16,18). The van der Waals surface area contributed by atoms with Gasteiger partial charge in [-0.25, -0.2) is 0 Å². The van der Waals surface area contributed by atoms with Gasteiger partial charge in [-0.1, -0.05) is 52.8 Å². The fourth-order valence-corrected chi connectivity index (χ4v) is 1.85. The molecule has 0 saturated carbocycles. The molecule has 0 atom stereocenters. The fraction of sp³-hybridized carbons (Fsp3) is 0.0714. The molecular weight excluding hydrogens is 294 g/mol. The molecular formula is C14H12BrNO2. The number of aromatic hydroxyl groups is 1. The van der Waals surface area contributed by atoms with Crippen LogP contribution in [0, 0.1) is 0 Å². The first kappa shape index (κ1) is 12.6. The number of fused-ring (bicyclic) bond motifs is 1. The zero-order valence-corrected chi connectivity index (χ0v) is 11.2. The zero-order chi connectivity index (χ0) is 13.1. The summed E-state index contributed by atoms with van der Waals surface area (Å²) in [7, 11) is 0. The number of carbonyl (C=O) groups excluding carboxylic acids is 1. The Kier molecular flexibility index (Phi) is 3.67. The summed E-state index contributed by atoms with van der Waals surface area (Å²) >= 11 is 3.16. The van der Waals surface area contributed by atoms with Crippen LogP contribution >= 0.6 is 15.9 Å². The second-order valence-electron chi connectivity index (χ2n) is 3.88. The highest BCUT2D eigenvalue weighted by atomic mass is 79.9. The molecule has 4 heteroatoms. The number of rotatable bonds is 3. The molecule has 0 aliphatic heterocycles. The molecule has 2 aromatic rings. The van der Waals surface area contributed by atoms with Crippen LogP contribution in [0.5, 0.6) is 5.75 Å². The van der Waals surface area contributed by atoms with E-state index in [2.05, 4.69) is 27.8 Å². The third-order valence-electron chi connectivity index (χ3n) is 2.59. The van der Waals surface area contributed by atoms with Gasteiger partial charge in [0.15, 0.2) is 0 Å². The molecule has 0 aromatic heterocycles. The molecule has 18 heavy (non-hydrogen) atoms. The Morgan fingerprint density at radius 2 is 2.00 bits per heavy atom. The highest BCUT2D eigenvalue weighted by Gasteiger charge is 2.13. The van der Waals surface area contributed by atoms with Gasteiger partial charge in [0.25, 0.3) is 5.91 Å². The SMILES string of the molecule is C=C(Br)CNC(=O)c1ccc2ccccc2c1O. The molecule has 2 N–H and O–H groups in total. The lowest BCUT2D eigenvalue weighted by molar-refractivity contribution is 0.0955. The molecule has 92 valence electrons. The van der Waals surface area contributed by atoms with Gasteiger partial charge in [0.05, 0.1) is 5.56 Å². The van der Waals surface area contributed by atoms with Crippen molar-refractivity contribution >= 4 is 32.6 Å². The second-order valence-corrected chi connectivity index (χ2v) is 5.00. The number of halogens is 1. The third kappa shape index (κ3) is 2.54. The van der Waals surface area contributed by atoms with Crippen LogP contribution in [0.3, 0.4) is 0 Å². The number of phenols is 1. The Balaban J connectivity index is 2.37. The van der Waals surface area contributed by atoms with Crippen molar-refractivity contribution in [3.63, 3.8) is 0 Å². The normalized spacial score (nSPS) is 10.3. The number of nitrogens with one attached hydrogen (secondary N) is 1.